The highest BCUT2D eigenvalue weighted by Crippen LogP contribution is 2.27. The highest BCUT2D eigenvalue weighted by atomic mass is 16.6. The first-order valence-corrected chi connectivity index (χ1v) is 12.0. The van der Waals surface area contributed by atoms with Gasteiger partial charge in [-0.25, -0.2) is 4.79 Å². The monoisotopic (exact) mass is 501 g/mol. The number of methoxy groups -OCH3 is 1. The zero-order valence-electron chi connectivity index (χ0n) is 22.5. The number of carbonyl (C=O) groups excluding carboxylic acids is 4. The van der Waals surface area contributed by atoms with E-state index in [1.807, 2.05) is 13.8 Å². The highest BCUT2D eigenvalue weighted by Gasteiger charge is 2.39. The number of benzene rings is 1. The summed E-state index contributed by atoms with van der Waals surface area (Å²) >= 11 is 0. The molecule has 0 aliphatic heterocycles. The summed E-state index contributed by atoms with van der Waals surface area (Å²) in [6.45, 7) is 12.1. The number of hydrogen-bond acceptors (Lipinski definition) is 6. The fourth-order valence-electron chi connectivity index (χ4n) is 3.49. The van der Waals surface area contributed by atoms with Crippen LogP contribution in [0.1, 0.15) is 72.1 Å². The van der Waals surface area contributed by atoms with Gasteiger partial charge in [-0.2, -0.15) is 0 Å². The molecule has 9 nitrogen and oxygen atoms in total. The van der Waals surface area contributed by atoms with Crippen molar-refractivity contribution in [3.63, 3.8) is 0 Å². The summed E-state index contributed by atoms with van der Waals surface area (Å²) in [5.74, 6) is 0.611. The van der Waals surface area contributed by atoms with Crippen molar-refractivity contribution in [1.82, 2.24) is 15.5 Å². The summed E-state index contributed by atoms with van der Waals surface area (Å²) in [4.78, 5) is 53.0. The zero-order chi connectivity index (χ0) is 27.6. The van der Waals surface area contributed by atoms with Crippen LogP contribution in [0.15, 0.2) is 24.3 Å². The van der Waals surface area contributed by atoms with Crippen LogP contribution in [0.2, 0.25) is 0 Å². The van der Waals surface area contributed by atoms with Crippen molar-refractivity contribution >= 4 is 23.9 Å². The van der Waals surface area contributed by atoms with E-state index in [9.17, 15) is 19.2 Å². The summed E-state index contributed by atoms with van der Waals surface area (Å²) in [6, 6.07) is 4.19. The minimum absolute atomic E-state index is 0.256. The van der Waals surface area contributed by atoms with Crippen LogP contribution < -0.4 is 10.6 Å². The largest absolute Gasteiger partial charge is 0.468 e. The van der Waals surface area contributed by atoms with Crippen LogP contribution >= 0.6 is 0 Å². The molecular weight excluding hydrogens is 462 g/mol. The van der Waals surface area contributed by atoms with E-state index in [1.54, 1.807) is 58.9 Å². The van der Waals surface area contributed by atoms with Crippen LogP contribution in [0, 0.1) is 18.3 Å². The normalized spacial score (nSPS) is 13.6. The van der Waals surface area contributed by atoms with E-state index in [1.165, 1.54) is 12.0 Å². The fourth-order valence-corrected chi connectivity index (χ4v) is 3.49. The molecule has 9 heteroatoms. The number of hydrogen-bond donors (Lipinski definition) is 2. The minimum Gasteiger partial charge on any atom is -0.468 e. The van der Waals surface area contributed by atoms with Gasteiger partial charge in [0, 0.05) is 11.6 Å². The summed E-state index contributed by atoms with van der Waals surface area (Å²) in [6.07, 6.45) is 5.33. The van der Waals surface area contributed by atoms with Crippen LogP contribution in [0.4, 0.5) is 4.79 Å². The molecule has 0 fully saturated rings. The van der Waals surface area contributed by atoms with E-state index < -0.39 is 47.6 Å². The van der Waals surface area contributed by atoms with Gasteiger partial charge in [0.25, 0.3) is 0 Å². The van der Waals surface area contributed by atoms with Crippen molar-refractivity contribution in [2.75, 3.05) is 13.7 Å². The first-order valence-electron chi connectivity index (χ1n) is 12.0. The van der Waals surface area contributed by atoms with E-state index in [0.717, 1.165) is 0 Å². The lowest BCUT2D eigenvalue weighted by Gasteiger charge is -2.38. The lowest BCUT2D eigenvalue weighted by atomic mass is 9.94. The van der Waals surface area contributed by atoms with Gasteiger partial charge in [0.1, 0.15) is 24.2 Å². The van der Waals surface area contributed by atoms with Crippen molar-refractivity contribution in [2.45, 2.75) is 78.6 Å². The van der Waals surface area contributed by atoms with Gasteiger partial charge in [-0.3, -0.25) is 14.4 Å². The molecule has 3 atom stereocenters. The SMILES string of the molecule is C#Cc1ccc(C(C(=O)NCC(=O)OC)N(C(=O)C(NC(=O)OC(C)(C)C)C(C)CC)C(C)C)cc1. The Kier molecular flexibility index (Phi) is 11.5. The molecule has 0 heterocycles. The first-order chi connectivity index (χ1) is 16.7. The maximum absolute atomic E-state index is 14.0. The summed E-state index contributed by atoms with van der Waals surface area (Å²) in [5, 5.41) is 5.24. The second-order valence-corrected chi connectivity index (χ2v) is 9.81. The number of ether oxygens (including phenoxy) is 2. The molecule has 3 unspecified atom stereocenters. The molecule has 2 N–H and O–H groups in total. The Morgan fingerprint density at radius 2 is 1.67 bits per heavy atom. The molecule has 0 bridgehead atoms. The summed E-state index contributed by atoms with van der Waals surface area (Å²) in [5.41, 5.74) is 0.359. The molecule has 0 aliphatic rings. The summed E-state index contributed by atoms with van der Waals surface area (Å²) < 4.78 is 10.0. The molecule has 1 aromatic rings. The smallest absolute Gasteiger partial charge is 0.408 e. The molecule has 1 aromatic carbocycles. The third kappa shape index (κ3) is 8.91. The Balaban J connectivity index is 3.50. The van der Waals surface area contributed by atoms with Crippen LogP contribution in [0.25, 0.3) is 0 Å². The summed E-state index contributed by atoms with van der Waals surface area (Å²) in [7, 11) is 1.22. The quantitative estimate of drug-likeness (QED) is 0.376. The molecule has 0 aromatic heterocycles. The Bertz CT molecular complexity index is 959. The number of terminal acetylenes is 1. The molecule has 0 saturated heterocycles. The van der Waals surface area contributed by atoms with Gasteiger partial charge in [-0.15, -0.1) is 6.42 Å². The number of esters is 1. The third-order valence-electron chi connectivity index (χ3n) is 5.52. The maximum atomic E-state index is 14.0. The molecule has 0 aliphatic carbocycles. The maximum Gasteiger partial charge on any atom is 0.408 e. The topological polar surface area (TPSA) is 114 Å². The first kappa shape index (κ1) is 30.5. The second-order valence-electron chi connectivity index (χ2n) is 9.81. The number of nitrogens with one attached hydrogen (secondary N) is 2. The molecule has 0 saturated carbocycles. The predicted molar refractivity (Wildman–Crippen MR) is 137 cm³/mol. The van der Waals surface area contributed by atoms with Crippen molar-refractivity contribution in [1.29, 1.82) is 0 Å². The number of alkyl carbamates (subject to hydrolysis) is 1. The molecule has 0 spiro atoms. The van der Waals surface area contributed by atoms with Crippen LogP contribution in [-0.4, -0.2) is 60.1 Å². The molecule has 0 radical (unpaired) electrons. The molecule has 3 amide bonds. The van der Waals surface area contributed by atoms with Crippen LogP contribution in [0.5, 0.6) is 0 Å². The average Bonchev–Trinajstić information content (AvgIpc) is 2.81. The highest BCUT2D eigenvalue weighted by molar-refractivity contribution is 5.93. The second kappa shape index (κ2) is 13.5. The third-order valence-corrected chi connectivity index (χ3v) is 5.52. The van der Waals surface area contributed by atoms with Crippen molar-refractivity contribution in [2.24, 2.45) is 5.92 Å². The van der Waals surface area contributed by atoms with Gasteiger partial charge in [0.05, 0.1) is 7.11 Å². The number of rotatable bonds is 10. The van der Waals surface area contributed by atoms with Gasteiger partial charge in [0.15, 0.2) is 0 Å². The van der Waals surface area contributed by atoms with Gasteiger partial charge < -0.3 is 25.0 Å². The predicted octanol–water partition coefficient (Wildman–Crippen LogP) is 3.17. The average molecular weight is 502 g/mol. The molecule has 36 heavy (non-hydrogen) atoms. The molecule has 198 valence electrons. The Morgan fingerprint density at radius 3 is 2.11 bits per heavy atom. The van der Waals surface area contributed by atoms with Crippen molar-refractivity contribution < 1.29 is 28.7 Å². The Morgan fingerprint density at radius 1 is 1.08 bits per heavy atom. The van der Waals surface area contributed by atoms with E-state index >= 15 is 0 Å². The number of carbonyl (C=O) groups is 4. The van der Waals surface area contributed by atoms with Gasteiger partial charge in [0.2, 0.25) is 11.8 Å². The minimum atomic E-state index is -1.10. The van der Waals surface area contributed by atoms with Gasteiger partial charge >= 0.3 is 12.1 Å². The Labute approximate surface area is 214 Å². The lowest BCUT2D eigenvalue weighted by Crippen LogP contribution is -2.57. The lowest BCUT2D eigenvalue weighted by molar-refractivity contribution is -0.146. The van der Waals surface area contributed by atoms with E-state index in [0.29, 0.717) is 17.5 Å². The number of nitrogens with zero attached hydrogens (tertiary/aromatic N) is 1. The van der Waals surface area contributed by atoms with Crippen LogP contribution in [-0.2, 0) is 23.9 Å². The van der Waals surface area contributed by atoms with Crippen molar-refractivity contribution in [3.05, 3.63) is 35.4 Å². The van der Waals surface area contributed by atoms with Crippen molar-refractivity contribution in [3.8, 4) is 12.3 Å². The van der Waals surface area contributed by atoms with Crippen LogP contribution in [0.3, 0.4) is 0 Å². The zero-order valence-corrected chi connectivity index (χ0v) is 22.5. The van der Waals surface area contributed by atoms with E-state index in [2.05, 4.69) is 21.3 Å². The fraction of sp³-hybridized carbons (Fsp3) is 0.556. The van der Waals surface area contributed by atoms with E-state index in [-0.39, 0.29) is 12.5 Å². The van der Waals surface area contributed by atoms with Gasteiger partial charge in [-0.05, 0) is 58.2 Å². The molecular formula is C27H39N3O6. The van der Waals surface area contributed by atoms with E-state index in [4.69, 9.17) is 11.2 Å². The molecule has 1 rings (SSSR count). The van der Waals surface area contributed by atoms with Gasteiger partial charge in [-0.1, -0.05) is 38.3 Å². The number of amides is 3. The Hall–Kier alpha value is -3.54. The standard InChI is InChI=1S/C27H39N3O6/c1-10-18(5)22(29-26(34)36-27(6,7)8)25(33)30(17(3)4)23(24(32)28-16-21(31)35-9)20-14-12-19(11-2)13-15-20/h2,12-15,17-18,22-23H,10,16H2,1,3-9H3,(H,28,32)(H,29,34).